The molecule has 0 radical (unpaired) electrons. The summed E-state index contributed by atoms with van der Waals surface area (Å²) in [7, 11) is 0. The van der Waals surface area contributed by atoms with Crippen molar-refractivity contribution in [1.29, 1.82) is 0 Å². The van der Waals surface area contributed by atoms with Gasteiger partial charge >= 0.3 is 0 Å². The minimum atomic E-state index is 0.239. The maximum absolute atomic E-state index is 10.2. The summed E-state index contributed by atoms with van der Waals surface area (Å²) < 4.78 is 8.85. The van der Waals surface area contributed by atoms with E-state index in [1.807, 2.05) is 54.6 Å². The predicted octanol–water partition coefficient (Wildman–Crippen LogP) is 6.76. The van der Waals surface area contributed by atoms with Crippen LogP contribution in [0.1, 0.15) is 5.56 Å². The monoisotopic (exact) mass is 692 g/mol. The lowest BCUT2D eigenvalue weighted by atomic mass is 10.2. The van der Waals surface area contributed by atoms with Gasteiger partial charge in [-0.05, 0) is 116 Å². The average Bonchev–Trinajstić information content (AvgIpc) is 3.07. The van der Waals surface area contributed by atoms with Crippen LogP contribution in [0.5, 0.6) is 5.75 Å². The van der Waals surface area contributed by atoms with Gasteiger partial charge in [0.15, 0.2) is 5.58 Å². The highest BCUT2D eigenvalue weighted by molar-refractivity contribution is 14.1. The maximum Gasteiger partial charge on any atom is 0.227 e. The first-order valence-corrected chi connectivity index (χ1v) is 11.1. The van der Waals surface area contributed by atoms with Crippen LogP contribution in [0.4, 0.5) is 5.69 Å². The van der Waals surface area contributed by atoms with E-state index in [0.29, 0.717) is 11.5 Å². The topological polar surface area (TPSA) is 58.6 Å². The molecule has 0 saturated heterocycles. The number of halogens is 3. The van der Waals surface area contributed by atoms with Crippen molar-refractivity contribution < 1.29 is 9.52 Å². The first kappa shape index (κ1) is 19.1. The van der Waals surface area contributed by atoms with Crippen molar-refractivity contribution in [3.05, 3.63) is 70.9 Å². The van der Waals surface area contributed by atoms with Crippen LogP contribution in [0, 0.1) is 10.7 Å². The second kappa shape index (κ2) is 8.03. The number of phenols is 1. The summed E-state index contributed by atoms with van der Waals surface area (Å²) in [5, 5.41) is 10.2. The summed E-state index contributed by atoms with van der Waals surface area (Å²) in [4.78, 5) is 9.08. The predicted molar refractivity (Wildman–Crippen MR) is 133 cm³/mol. The molecule has 0 bridgehead atoms. The molecule has 27 heavy (non-hydrogen) atoms. The van der Waals surface area contributed by atoms with Gasteiger partial charge in [0.25, 0.3) is 0 Å². The van der Waals surface area contributed by atoms with Crippen molar-refractivity contribution in [3.8, 4) is 17.2 Å². The first-order chi connectivity index (χ1) is 13.0. The molecule has 0 aliphatic rings. The van der Waals surface area contributed by atoms with Gasteiger partial charge in [0.2, 0.25) is 5.89 Å². The average molecular weight is 692 g/mol. The van der Waals surface area contributed by atoms with E-state index in [1.54, 1.807) is 6.21 Å². The number of aromatic hydroxyl groups is 1. The number of benzene rings is 3. The highest BCUT2D eigenvalue weighted by Crippen LogP contribution is 2.29. The summed E-state index contributed by atoms with van der Waals surface area (Å²) in [6, 6.07) is 17.5. The first-order valence-electron chi connectivity index (χ1n) is 7.88. The number of fused-ring (bicyclic) bond motifs is 1. The molecule has 0 unspecified atom stereocenters. The van der Waals surface area contributed by atoms with Crippen molar-refractivity contribution in [2.45, 2.75) is 0 Å². The molecule has 0 aliphatic heterocycles. The number of phenolic OH excluding ortho intramolecular Hbond substituents is 1. The standard InChI is InChI=1S/C20H11I3N2O2/c21-13-3-1-2-11(6-13)20-25-17-9-15(4-5-18(17)27-20)24-10-12-7-14(22)8-16(23)19(12)26/h1-10,26H. The number of hydrogen-bond acceptors (Lipinski definition) is 4. The highest BCUT2D eigenvalue weighted by Gasteiger charge is 2.09. The Balaban J connectivity index is 1.68. The molecule has 7 heteroatoms. The number of rotatable bonds is 3. The summed E-state index contributed by atoms with van der Waals surface area (Å²) in [6.07, 6.45) is 1.67. The lowest BCUT2D eigenvalue weighted by molar-refractivity contribution is 0.470. The van der Waals surface area contributed by atoms with E-state index >= 15 is 0 Å². The second-order valence-electron chi connectivity index (χ2n) is 5.77. The van der Waals surface area contributed by atoms with Gasteiger partial charge in [0.05, 0.1) is 9.26 Å². The third-order valence-corrected chi connectivity index (χ3v) is 5.97. The Bertz CT molecular complexity index is 1190. The lowest BCUT2D eigenvalue weighted by Gasteiger charge is -2.02. The van der Waals surface area contributed by atoms with Crippen LogP contribution < -0.4 is 0 Å². The van der Waals surface area contributed by atoms with Crippen molar-refractivity contribution in [3.63, 3.8) is 0 Å². The molecule has 1 aromatic heterocycles. The van der Waals surface area contributed by atoms with E-state index in [4.69, 9.17) is 4.42 Å². The third-order valence-electron chi connectivity index (χ3n) is 3.85. The van der Waals surface area contributed by atoms with E-state index in [1.165, 1.54) is 0 Å². The Kier molecular flexibility index (Phi) is 5.69. The molecule has 0 atom stereocenters. The van der Waals surface area contributed by atoms with Gasteiger partial charge in [-0.25, -0.2) is 4.98 Å². The van der Waals surface area contributed by atoms with Crippen molar-refractivity contribution >= 4 is 90.8 Å². The van der Waals surface area contributed by atoms with Crippen LogP contribution in [0.3, 0.4) is 0 Å². The minimum Gasteiger partial charge on any atom is -0.506 e. The number of aliphatic imine (C=N–C) groups is 1. The molecule has 0 spiro atoms. The SMILES string of the molecule is Oc1c(I)cc(I)cc1C=Nc1ccc2oc(-c3cccc(I)c3)nc2c1. The summed E-state index contributed by atoms with van der Waals surface area (Å²) in [5.41, 5.74) is 3.85. The van der Waals surface area contributed by atoms with Gasteiger partial charge in [-0.1, -0.05) is 6.07 Å². The van der Waals surface area contributed by atoms with Crippen molar-refractivity contribution in [2.24, 2.45) is 4.99 Å². The van der Waals surface area contributed by atoms with Gasteiger partial charge in [0, 0.05) is 24.5 Å². The Morgan fingerprint density at radius 3 is 2.63 bits per heavy atom. The fraction of sp³-hybridized carbons (Fsp3) is 0. The van der Waals surface area contributed by atoms with Gasteiger partial charge in [-0.15, -0.1) is 0 Å². The Morgan fingerprint density at radius 2 is 1.81 bits per heavy atom. The van der Waals surface area contributed by atoms with Crippen LogP contribution in [0.2, 0.25) is 0 Å². The van der Waals surface area contributed by atoms with Crippen LogP contribution in [-0.2, 0) is 0 Å². The van der Waals surface area contributed by atoms with Gasteiger partial charge in [-0.2, -0.15) is 0 Å². The molecular formula is C20H11I3N2O2. The van der Waals surface area contributed by atoms with Crippen LogP contribution in [-0.4, -0.2) is 16.3 Å². The molecule has 0 aliphatic carbocycles. The summed E-state index contributed by atoms with van der Waals surface area (Å²) in [5.74, 6) is 0.831. The highest BCUT2D eigenvalue weighted by atomic mass is 127. The Hall–Kier alpha value is -1.21. The maximum atomic E-state index is 10.2. The molecule has 134 valence electrons. The molecular weight excluding hydrogens is 681 g/mol. The number of aromatic nitrogens is 1. The smallest absolute Gasteiger partial charge is 0.227 e. The normalized spacial score (nSPS) is 11.5. The fourth-order valence-electron chi connectivity index (χ4n) is 2.57. The Morgan fingerprint density at radius 1 is 0.963 bits per heavy atom. The molecule has 3 aromatic carbocycles. The molecule has 4 nitrogen and oxygen atoms in total. The molecule has 4 rings (SSSR count). The van der Waals surface area contributed by atoms with E-state index in [9.17, 15) is 5.11 Å². The molecule has 1 heterocycles. The summed E-state index contributed by atoms with van der Waals surface area (Å²) in [6.45, 7) is 0. The number of oxazole rings is 1. The zero-order valence-corrected chi connectivity index (χ0v) is 20.1. The fourth-order valence-corrected chi connectivity index (χ4v) is 5.00. The van der Waals surface area contributed by atoms with E-state index in [2.05, 4.69) is 77.7 Å². The van der Waals surface area contributed by atoms with Crippen LogP contribution >= 0.6 is 67.8 Å². The number of nitrogens with zero attached hydrogens (tertiary/aromatic N) is 2. The van der Waals surface area contributed by atoms with Crippen LogP contribution in [0.25, 0.3) is 22.6 Å². The number of hydrogen-bond donors (Lipinski definition) is 1. The second-order valence-corrected chi connectivity index (χ2v) is 9.42. The summed E-state index contributed by atoms with van der Waals surface area (Å²) >= 11 is 6.61. The van der Waals surface area contributed by atoms with E-state index in [-0.39, 0.29) is 5.75 Å². The quantitative estimate of drug-likeness (QED) is 0.191. The van der Waals surface area contributed by atoms with Crippen LogP contribution in [0.15, 0.2) is 64.0 Å². The van der Waals surface area contributed by atoms with Gasteiger partial charge in [0.1, 0.15) is 11.3 Å². The molecule has 0 saturated carbocycles. The van der Waals surface area contributed by atoms with E-state index < -0.39 is 0 Å². The van der Waals surface area contributed by atoms with Gasteiger partial charge in [-0.3, -0.25) is 4.99 Å². The molecule has 1 N–H and O–H groups in total. The Labute approximate surface area is 196 Å². The molecule has 0 amide bonds. The minimum absolute atomic E-state index is 0.239. The zero-order chi connectivity index (χ0) is 19.0. The largest absolute Gasteiger partial charge is 0.506 e. The molecule has 0 fully saturated rings. The molecule has 4 aromatic rings. The van der Waals surface area contributed by atoms with Crippen molar-refractivity contribution in [2.75, 3.05) is 0 Å². The lowest BCUT2D eigenvalue weighted by Crippen LogP contribution is -1.87. The third kappa shape index (κ3) is 4.29. The zero-order valence-electron chi connectivity index (χ0n) is 13.7. The van der Waals surface area contributed by atoms with E-state index in [0.717, 1.165) is 33.1 Å². The van der Waals surface area contributed by atoms with Gasteiger partial charge < -0.3 is 9.52 Å². The van der Waals surface area contributed by atoms with Crippen molar-refractivity contribution in [1.82, 2.24) is 4.98 Å².